The van der Waals surface area contributed by atoms with Crippen LogP contribution in [0.2, 0.25) is 0 Å². The van der Waals surface area contributed by atoms with Crippen LogP contribution in [0.3, 0.4) is 0 Å². The first-order valence-electron chi connectivity index (χ1n) is 8.74. The number of nitrogens with one attached hydrogen (secondary N) is 2. The molecule has 0 spiro atoms. The zero-order valence-corrected chi connectivity index (χ0v) is 14.9. The van der Waals surface area contributed by atoms with E-state index in [1.807, 2.05) is 19.2 Å². The summed E-state index contributed by atoms with van der Waals surface area (Å²) < 4.78 is 5.46. The number of rotatable bonds is 5. The minimum Gasteiger partial charge on any atom is -0.496 e. The number of benzene rings is 1. The van der Waals surface area contributed by atoms with Crippen molar-refractivity contribution >= 4 is 5.96 Å². The van der Waals surface area contributed by atoms with Crippen LogP contribution in [-0.4, -0.2) is 32.7 Å². The molecular weight excluding hydrogens is 286 g/mol. The van der Waals surface area contributed by atoms with Crippen molar-refractivity contribution in [1.82, 2.24) is 10.6 Å². The van der Waals surface area contributed by atoms with Gasteiger partial charge in [0.2, 0.25) is 0 Å². The lowest BCUT2D eigenvalue weighted by atomic mass is 9.87. The molecule has 1 atom stereocenters. The number of hydrogen-bond acceptors (Lipinski definition) is 2. The van der Waals surface area contributed by atoms with Gasteiger partial charge in [-0.2, -0.15) is 0 Å². The van der Waals surface area contributed by atoms with Gasteiger partial charge in [0.25, 0.3) is 0 Å². The number of guanidine groups is 1. The molecule has 0 aliphatic heterocycles. The summed E-state index contributed by atoms with van der Waals surface area (Å²) in [7, 11) is 3.57. The molecule has 1 fully saturated rings. The van der Waals surface area contributed by atoms with Gasteiger partial charge in [0.15, 0.2) is 5.96 Å². The van der Waals surface area contributed by atoms with E-state index < -0.39 is 0 Å². The Morgan fingerprint density at radius 3 is 2.61 bits per heavy atom. The molecule has 1 aliphatic rings. The van der Waals surface area contributed by atoms with E-state index in [1.165, 1.54) is 31.2 Å². The summed E-state index contributed by atoms with van der Waals surface area (Å²) >= 11 is 0. The summed E-state index contributed by atoms with van der Waals surface area (Å²) in [5.41, 5.74) is 1.23. The van der Waals surface area contributed by atoms with E-state index in [0.717, 1.165) is 24.2 Å². The molecule has 0 amide bonds. The van der Waals surface area contributed by atoms with Gasteiger partial charge in [0.1, 0.15) is 5.75 Å². The van der Waals surface area contributed by atoms with Crippen LogP contribution in [0.25, 0.3) is 0 Å². The molecule has 2 rings (SSSR count). The third-order valence-corrected chi connectivity index (χ3v) is 4.83. The summed E-state index contributed by atoms with van der Waals surface area (Å²) in [6.45, 7) is 5.39. The van der Waals surface area contributed by atoms with E-state index in [0.29, 0.717) is 12.0 Å². The predicted molar refractivity (Wildman–Crippen MR) is 97.3 cm³/mol. The first kappa shape index (κ1) is 17.6. The fourth-order valence-corrected chi connectivity index (χ4v) is 3.23. The van der Waals surface area contributed by atoms with Crippen LogP contribution in [0.5, 0.6) is 5.75 Å². The molecule has 1 aliphatic carbocycles. The van der Waals surface area contributed by atoms with E-state index in [2.05, 4.69) is 41.6 Å². The molecule has 0 bridgehead atoms. The van der Waals surface area contributed by atoms with Gasteiger partial charge in [-0.15, -0.1) is 0 Å². The van der Waals surface area contributed by atoms with Crippen molar-refractivity contribution in [2.75, 3.05) is 20.7 Å². The minimum absolute atomic E-state index is 0.357. The largest absolute Gasteiger partial charge is 0.496 e. The van der Waals surface area contributed by atoms with Gasteiger partial charge < -0.3 is 15.4 Å². The molecule has 0 heterocycles. The maximum Gasteiger partial charge on any atom is 0.191 e. The van der Waals surface area contributed by atoms with Crippen LogP contribution in [0.15, 0.2) is 29.3 Å². The molecule has 23 heavy (non-hydrogen) atoms. The number of para-hydroxylation sites is 1. The van der Waals surface area contributed by atoms with Crippen LogP contribution in [0, 0.1) is 5.92 Å². The van der Waals surface area contributed by atoms with Crippen molar-refractivity contribution in [3.05, 3.63) is 29.8 Å². The molecule has 128 valence electrons. The lowest BCUT2D eigenvalue weighted by Crippen LogP contribution is -2.45. The molecule has 4 nitrogen and oxygen atoms in total. The fraction of sp³-hybridized carbons (Fsp3) is 0.632. The van der Waals surface area contributed by atoms with Gasteiger partial charge in [-0.3, -0.25) is 4.99 Å². The Morgan fingerprint density at radius 2 is 1.96 bits per heavy atom. The fourth-order valence-electron chi connectivity index (χ4n) is 3.23. The number of nitrogens with zero attached hydrogens (tertiary/aromatic N) is 1. The van der Waals surface area contributed by atoms with Gasteiger partial charge in [0.05, 0.1) is 7.11 Å². The predicted octanol–water partition coefficient (Wildman–Crippen LogP) is 3.54. The van der Waals surface area contributed by atoms with E-state index in [9.17, 15) is 0 Å². The highest BCUT2D eigenvalue weighted by Crippen LogP contribution is 2.26. The second-order valence-corrected chi connectivity index (χ2v) is 6.70. The minimum atomic E-state index is 0.357. The third kappa shape index (κ3) is 5.15. The van der Waals surface area contributed by atoms with Crippen LogP contribution in [0.1, 0.15) is 51.0 Å². The third-order valence-electron chi connectivity index (χ3n) is 4.83. The molecule has 0 radical (unpaired) electrons. The number of methoxy groups -OCH3 is 1. The molecular formula is C19H31N3O. The van der Waals surface area contributed by atoms with Gasteiger partial charge in [-0.05, 0) is 43.2 Å². The Morgan fingerprint density at radius 1 is 1.26 bits per heavy atom. The Balaban J connectivity index is 1.85. The maximum atomic E-state index is 5.46. The number of ether oxygens (including phenoxy) is 1. The van der Waals surface area contributed by atoms with Crippen LogP contribution in [0.4, 0.5) is 0 Å². The Labute approximate surface area is 140 Å². The number of hydrogen-bond donors (Lipinski definition) is 2. The Bertz CT molecular complexity index is 507. The van der Waals surface area contributed by atoms with Crippen molar-refractivity contribution in [2.45, 2.75) is 51.5 Å². The van der Waals surface area contributed by atoms with Crippen molar-refractivity contribution in [2.24, 2.45) is 10.9 Å². The Kier molecular flexibility index (Phi) is 6.75. The molecule has 1 aromatic carbocycles. The molecule has 1 aromatic rings. The molecule has 4 heteroatoms. The van der Waals surface area contributed by atoms with Crippen LogP contribution in [-0.2, 0) is 0 Å². The van der Waals surface area contributed by atoms with Crippen molar-refractivity contribution in [3.63, 3.8) is 0 Å². The second-order valence-electron chi connectivity index (χ2n) is 6.70. The maximum absolute atomic E-state index is 5.46. The highest BCUT2D eigenvalue weighted by molar-refractivity contribution is 5.80. The van der Waals surface area contributed by atoms with Crippen LogP contribution < -0.4 is 15.4 Å². The van der Waals surface area contributed by atoms with Crippen LogP contribution >= 0.6 is 0 Å². The van der Waals surface area contributed by atoms with Crippen molar-refractivity contribution in [3.8, 4) is 5.75 Å². The molecule has 1 unspecified atom stereocenters. The van der Waals surface area contributed by atoms with Gasteiger partial charge in [-0.1, -0.05) is 32.0 Å². The lowest BCUT2D eigenvalue weighted by Gasteiger charge is -2.28. The van der Waals surface area contributed by atoms with Gasteiger partial charge in [0, 0.05) is 25.6 Å². The average Bonchev–Trinajstić information content (AvgIpc) is 2.59. The molecule has 0 aromatic heterocycles. The Hall–Kier alpha value is -1.71. The topological polar surface area (TPSA) is 45.7 Å². The molecule has 0 saturated heterocycles. The van der Waals surface area contributed by atoms with E-state index in [-0.39, 0.29) is 0 Å². The van der Waals surface area contributed by atoms with E-state index in [1.54, 1.807) is 7.11 Å². The lowest BCUT2D eigenvalue weighted by molar-refractivity contribution is 0.329. The van der Waals surface area contributed by atoms with Gasteiger partial charge >= 0.3 is 0 Å². The summed E-state index contributed by atoms with van der Waals surface area (Å²) in [4.78, 5) is 4.37. The highest BCUT2D eigenvalue weighted by atomic mass is 16.5. The smallest absolute Gasteiger partial charge is 0.191 e. The summed E-state index contributed by atoms with van der Waals surface area (Å²) in [6.07, 6.45) is 5.10. The highest BCUT2D eigenvalue weighted by Gasteiger charge is 2.19. The summed E-state index contributed by atoms with van der Waals surface area (Å²) in [5, 5.41) is 7.03. The normalized spacial score (nSPS) is 23.2. The zero-order chi connectivity index (χ0) is 16.7. The SMILES string of the molecule is CN=C(NCC(C)c1ccccc1OC)NC1CCC(C)CC1. The standard InChI is InChI=1S/C19H31N3O/c1-14-9-11-16(12-10-14)22-19(20-3)21-13-15(2)17-7-5-6-8-18(17)23-4/h5-8,14-16H,9-13H2,1-4H3,(H2,20,21,22). The van der Waals surface area contributed by atoms with Gasteiger partial charge in [-0.25, -0.2) is 0 Å². The second kappa shape index (κ2) is 8.80. The summed E-state index contributed by atoms with van der Waals surface area (Å²) in [6, 6.07) is 8.77. The van der Waals surface area contributed by atoms with Crippen molar-refractivity contribution < 1.29 is 4.74 Å². The molecule has 1 saturated carbocycles. The monoisotopic (exact) mass is 317 g/mol. The first-order valence-corrected chi connectivity index (χ1v) is 8.74. The van der Waals surface area contributed by atoms with Crippen molar-refractivity contribution in [1.29, 1.82) is 0 Å². The van der Waals surface area contributed by atoms with E-state index in [4.69, 9.17) is 4.74 Å². The number of aliphatic imine (C=N–C) groups is 1. The van der Waals surface area contributed by atoms with E-state index >= 15 is 0 Å². The zero-order valence-electron chi connectivity index (χ0n) is 14.9. The average molecular weight is 317 g/mol. The summed E-state index contributed by atoms with van der Waals surface area (Å²) in [5.74, 6) is 3.09. The molecule has 2 N–H and O–H groups in total. The first-order chi connectivity index (χ1) is 11.1. The quantitative estimate of drug-likeness (QED) is 0.645.